The fourth-order valence-electron chi connectivity index (χ4n) is 5.34. The van der Waals surface area contributed by atoms with Gasteiger partial charge in [-0.25, -0.2) is 23.5 Å². The van der Waals surface area contributed by atoms with Crippen LogP contribution >= 0.6 is 0 Å². The number of hydrogen-bond acceptors (Lipinski definition) is 8. The van der Waals surface area contributed by atoms with E-state index >= 15 is 8.78 Å². The van der Waals surface area contributed by atoms with Crippen LogP contribution in [0.3, 0.4) is 0 Å². The van der Waals surface area contributed by atoms with Crippen LogP contribution < -0.4 is 9.47 Å². The summed E-state index contributed by atoms with van der Waals surface area (Å²) in [5, 5.41) is 13.7. The van der Waals surface area contributed by atoms with Gasteiger partial charge in [0.1, 0.15) is 29.8 Å². The largest absolute Gasteiger partial charge is 0.496 e. The van der Waals surface area contributed by atoms with Crippen molar-refractivity contribution >= 4 is 17.0 Å². The van der Waals surface area contributed by atoms with E-state index in [1.807, 2.05) is 20.2 Å². The van der Waals surface area contributed by atoms with Crippen molar-refractivity contribution in [3.8, 4) is 34.1 Å². The molecular weight excluding hydrogens is 622 g/mol. The molecule has 6 rings (SSSR count). The molecule has 0 bridgehead atoms. The molecule has 0 aliphatic carbocycles. The molecule has 0 fully saturated rings. The number of benzene rings is 2. The van der Waals surface area contributed by atoms with E-state index < -0.39 is 17.6 Å². The number of halogens is 2. The number of aromatic nitrogens is 6. The van der Waals surface area contributed by atoms with Crippen LogP contribution in [0.1, 0.15) is 34.2 Å². The normalized spacial score (nSPS) is 12.0. The minimum Gasteiger partial charge on any atom is -0.496 e. The fraction of sp³-hybridized carbons (Fsp3) is 0.229. The van der Waals surface area contributed by atoms with Crippen LogP contribution in [0.4, 0.5) is 8.78 Å². The standard InChI is InChI=1S/C35H32F2N6O5/c1-20(46-3)17-43-31-11-21(35(44)45)8-9-29(31)40-33(43)12-22-10-27(37)25(13-26(22)36)28-6-5-7-34(41-28)48-19-24-15-38-30(14-32(24)47-4)23-16-39-42(2)18-23/h5-11,13-16,18,20H,12,17,19H2,1-4H3,(H,44,45)/t20-/m1/s1. The number of rotatable bonds is 12. The lowest BCUT2D eigenvalue weighted by Crippen LogP contribution is -2.17. The van der Waals surface area contributed by atoms with Crippen molar-refractivity contribution in [2.24, 2.45) is 7.05 Å². The van der Waals surface area contributed by atoms with E-state index in [1.165, 1.54) is 12.1 Å². The molecule has 1 N–H and O–H groups in total. The highest BCUT2D eigenvalue weighted by molar-refractivity contribution is 5.92. The number of pyridine rings is 2. The molecule has 13 heteroatoms. The quantitative estimate of drug-likeness (QED) is 0.167. The number of aromatic carboxylic acids is 1. The topological polar surface area (TPSA) is 126 Å². The summed E-state index contributed by atoms with van der Waals surface area (Å²) in [7, 11) is 4.93. The zero-order valence-corrected chi connectivity index (χ0v) is 26.6. The molecule has 11 nitrogen and oxygen atoms in total. The molecule has 4 aromatic heterocycles. The minimum atomic E-state index is -1.08. The van der Waals surface area contributed by atoms with E-state index in [2.05, 4.69) is 20.1 Å². The Kier molecular flexibility index (Phi) is 9.13. The molecule has 2 aromatic carbocycles. The summed E-state index contributed by atoms with van der Waals surface area (Å²) < 4.78 is 51.5. The average molecular weight is 655 g/mol. The van der Waals surface area contributed by atoms with Gasteiger partial charge in [-0.1, -0.05) is 6.07 Å². The summed E-state index contributed by atoms with van der Waals surface area (Å²) in [4.78, 5) is 25.1. The SMILES string of the molecule is COc1cc(-c2cnn(C)c2)ncc1COc1cccc(-c2cc(F)c(Cc3nc4ccc(C(=O)O)cc4n3C[C@@H](C)OC)cc2F)n1. The first-order valence-electron chi connectivity index (χ1n) is 15.0. The van der Waals surface area contributed by atoms with Gasteiger partial charge < -0.3 is 23.9 Å². The molecule has 0 radical (unpaired) electrons. The van der Waals surface area contributed by atoms with Crippen molar-refractivity contribution in [3.63, 3.8) is 0 Å². The number of hydrogen-bond donors (Lipinski definition) is 1. The first-order chi connectivity index (χ1) is 23.1. The van der Waals surface area contributed by atoms with E-state index in [1.54, 1.807) is 66.2 Å². The molecule has 0 saturated heterocycles. The average Bonchev–Trinajstić information content (AvgIpc) is 3.67. The van der Waals surface area contributed by atoms with Crippen LogP contribution in [-0.4, -0.2) is 60.7 Å². The Morgan fingerprint density at radius 1 is 0.979 bits per heavy atom. The van der Waals surface area contributed by atoms with Crippen LogP contribution in [0.5, 0.6) is 11.6 Å². The fourth-order valence-corrected chi connectivity index (χ4v) is 5.34. The maximum absolute atomic E-state index is 15.6. The Morgan fingerprint density at radius 2 is 1.81 bits per heavy atom. The van der Waals surface area contributed by atoms with Crippen molar-refractivity contribution in [2.45, 2.75) is 32.6 Å². The van der Waals surface area contributed by atoms with Gasteiger partial charge in [-0.2, -0.15) is 5.10 Å². The maximum atomic E-state index is 15.6. The number of methoxy groups -OCH3 is 2. The van der Waals surface area contributed by atoms with Crippen molar-refractivity contribution in [3.05, 3.63) is 107 Å². The van der Waals surface area contributed by atoms with E-state index in [0.29, 0.717) is 40.4 Å². The van der Waals surface area contributed by atoms with Crippen molar-refractivity contribution in [1.29, 1.82) is 0 Å². The van der Waals surface area contributed by atoms with E-state index in [0.717, 1.165) is 17.7 Å². The Labute approximate surface area is 274 Å². The molecule has 6 aromatic rings. The van der Waals surface area contributed by atoms with E-state index in [-0.39, 0.29) is 47.4 Å². The molecule has 0 unspecified atom stereocenters. The van der Waals surface area contributed by atoms with Gasteiger partial charge in [0.2, 0.25) is 5.88 Å². The van der Waals surface area contributed by atoms with Crippen molar-refractivity contribution in [1.82, 2.24) is 29.3 Å². The Bertz CT molecular complexity index is 2130. The lowest BCUT2D eigenvalue weighted by atomic mass is 10.0. The second-order valence-electron chi connectivity index (χ2n) is 11.2. The first kappa shape index (κ1) is 32.3. The van der Waals surface area contributed by atoms with Gasteiger partial charge in [0, 0.05) is 61.8 Å². The molecule has 4 heterocycles. The maximum Gasteiger partial charge on any atom is 0.335 e. The van der Waals surface area contributed by atoms with Gasteiger partial charge in [0.15, 0.2) is 0 Å². The highest BCUT2D eigenvalue weighted by atomic mass is 19.1. The summed E-state index contributed by atoms with van der Waals surface area (Å²) in [5.41, 5.74) is 3.63. The summed E-state index contributed by atoms with van der Waals surface area (Å²) >= 11 is 0. The third kappa shape index (κ3) is 6.72. The summed E-state index contributed by atoms with van der Waals surface area (Å²) in [6.45, 7) is 2.26. The number of ether oxygens (including phenoxy) is 3. The number of carbonyl (C=O) groups is 1. The smallest absolute Gasteiger partial charge is 0.335 e. The molecule has 48 heavy (non-hydrogen) atoms. The number of fused-ring (bicyclic) bond motifs is 1. The Morgan fingerprint density at radius 3 is 2.54 bits per heavy atom. The number of nitrogens with zero attached hydrogens (tertiary/aromatic N) is 6. The second-order valence-corrected chi connectivity index (χ2v) is 11.2. The van der Waals surface area contributed by atoms with Gasteiger partial charge in [-0.3, -0.25) is 9.67 Å². The van der Waals surface area contributed by atoms with Crippen LogP contribution in [0.25, 0.3) is 33.5 Å². The van der Waals surface area contributed by atoms with Crippen LogP contribution in [0, 0.1) is 11.6 Å². The molecule has 0 amide bonds. The molecule has 0 aliphatic heterocycles. The van der Waals surface area contributed by atoms with E-state index in [4.69, 9.17) is 14.2 Å². The highest BCUT2D eigenvalue weighted by Crippen LogP contribution is 2.30. The third-order valence-electron chi connectivity index (χ3n) is 7.94. The zero-order valence-electron chi connectivity index (χ0n) is 26.6. The zero-order chi connectivity index (χ0) is 33.9. The molecule has 0 spiro atoms. The molecule has 246 valence electrons. The predicted molar refractivity (Wildman–Crippen MR) is 173 cm³/mol. The highest BCUT2D eigenvalue weighted by Gasteiger charge is 2.20. The minimum absolute atomic E-state index is 0.0330. The third-order valence-corrected chi connectivity index (χ3v) is 7.94. The first-order valence-corrected chi connectivity index (χ1v) is 15.0. The van der Waals surface area contributed by atoms with Gasteiger partial charge in [0.25, 0.3) is 0 Å². The number of carboxylic acids is 1. The van der Waals surface area contributed by atoms with Gasteiger partial charge >= 0.3 is 5.97 Å². The second kappa shape index (κ2) is 13.6. The molecular formula is C35H32F2N6O5. The summed E-state index contributed by atoms with van der Waals surface area (Å²) in [5.74, 6) is -1.19. The molecule has 0 saturated carbocycles. The predicted octanol–water partition coefficient (Wildman–Crippen LogP) is 6.08. The molecule has 0 aliphatic rings. The monoisotopic (exact) mass is 654 g/mol. The van der Waals surface area contributed by atoms with Gasteiger partial charge in [0.05, 0.1) is 53.9 Å². The molecule has 1 atom stereocenters. The number of imidazole rings is 1. The van der Waals surface area contributed by atoms with Crippen LogP contribution in [-0.2, 0) is 31.4 Å². The number of carboxylic acid groups (broad SMARTS) is 1. The number of aryl methyl sites for hydroxylation is 1. The lowest BCUT2D eigenvalue weighted by molar-refractivity contribution is 0.0697. The summed E-state index contributed by atoms with van der Waals surface area (Å²) in [6, 6.07) is 13.4. The van der Waals surface area contributed by atoms with Crippen LogP contribution in [0.15, 0.2) is 73.2 Å². The van der Waals surface area contributed by atoms with Crippen molar-refractivity contribution in [2.75, 3.05) is 14.2 Å². The van der Waals surface area contributed by atoms with Crippen LogP contribution in [0.2, 0.25) is 0 Å². The van der Waals surface area contributed by atoms with E-state index in [9.17, 15) is 9.90 Å². The summed E-state index contributed by atoms with van der Waals surface area (Å²) in [6.07, 6.45) is 4.92. The van der Waals surface area contributed by atoms with Crippen molar-refractivity contribution < 1.29 is 32.9 Å². The lowest BCUT2D eigenvalue weighted by Gasteiger charge is -2.15. The Balaban J connectivity index is 1.23. The Hall–Kier alpha value is -5.69. The van der Waals surface area contributed by atoms with Gasteiger partial charge in [-0.15, -0.1) is 0 Å². The van der Waals surface area contributed by atoms with Gasteiger partial charge in [-0.05, 0) is 48.9 Å².